The first-order chi connectivity index (χ1) is 8.63. The lowest BCUT2D eigenvalue weighted by Crippen LogP contribution is -2.42. The Balaban J connectivity index is 2.22. The second kappa shape index (κ2) is 4.71. The number of terminal acetylenes is 1. The predicted molar refractivity (Wildman–Crippen MR) is 84.0 cm³/mol. The van der Waals surface area contributed by atoms with Crippen LogP contribution in [0.4, 0.5) is 0 Å². The van der Waals surface area contributed by atoms with Crippen LogP contribution in [0.3, 0.4) is 0 Å². The summed E-state index contributed by atoms with van der Waals surface area (Å²) >= 11 is 1.66. The van der Waals surface area contributed by atoms with Crippen molar-refractivity contribution in [3.63, 3.8) is 0 Å². The van der Waals surface area contributed by atoms with Crippen LogP contribution in [0.15, 0.2) is 0 Å². The quantitative estimate of drug-likeness (QED) is 0.701. The van der Waals surface area contributed by atoms with Gasteiger partial charge in [-0.2, -0.15) is 0 Å². The molecule has 0 aromatic heterocycles. The smallest absolute Gasteiger partial charge is 0.0765 e. The van der Waals surface area contributed by atoms with E-state index in [1.807, 2.05) is 0 Å². The molecule has 2 fully saturated rings. The molecule has 0 unspecified atom stereocenters. The second-order valence-electron chi connectivity index (χ2n) is 8.28. The molecule has 0 amide bonds. The third-order valence-corrected chi connectivity index (χ3v) is 6.58. The molecule has 0 aromatic carbocycles. The van der Waals surface area contributed by atoms with Crippen molar-refractivity contribution in [2.45, 2.75) is 65.7 Å². The molecule has 2 bridgehead atoms. The normalized spacial score (nSPS) is 40.4. The highest BCUT2D eigenvalue weighted by Crippen LogP contribution is 2.68. The molecule has 0 spiro atoms. The van der Waals surface area contributed by atoms with E-state index in [9.17, 15) is 0 Å². The van der Waals surface area contributed by atoms with Crippen molar-refractivity contribution >= 4 is 11.8 Å². The van der Waals surface area contributed by atoms with Crippen molar-refractivity contribution in [3.05, 3.63) is 0 Å². The van der Waals surface area contributed by atoms with Crippen molar-refractivity contribution in [2.24, 2.45) is 22.2 Å². The fourth-order valence-electron chi connectivity index (χ4n) is 4.06. The summed E-state index contributed by atoms with van der Waals surface area (Å²) < 4.78 is 6.39. The van der Waals surface area contributed by atoms with Gasteiger partial charge in [0.05, 0.1) is 12.7 Å². The van der Waals surface area contributed by atoms with Gasteiger partial charge < -0.3 is 4.74 Å². The van der Waals surface area contributed by atoms with Gasteiger partial charge in [-0.15, -0.1) is 6.42 Å². The van der Waals surface area contributed by atoms with Gasteiger partial charge in [-0.05, 0) is 34.8 Å². The van der Waals surface area contributed by atoms with Crippen LogP contribution in [0.1, 0.15) is 54.4 Å². The first-order valence-electron chi connectivity index (χ1n) is 7.36. The molecule has 2 heteroatoms. The molecule has 2 rings (SSSR count). The zero-order valence-electron chi connectivity index (χ0n) is 13.2. The molecule has 0 aliphatic heterocycles. The van der Waals surface area contributed by atoms with Crippen LogP contribution in [-0.4, -0.2) is 18.0 Å². The SMILES string of the molecule is C#CS[C@H]1[C@@H]2CC[C@](C)([C@H]1OCC(C)(C)C)C2(C)C. The average molecular weight is 280 g/mol. The molecule has 0 radical (unpaired) electrons. The van der Waals surface area contributed by atoms with Crippen LogP contribution in [0.2, 0.25) is 0 Å². The van der Waals surface area contributed by atoms with Crippen molar-refractivity contribution in [1.82, 2.24) is 0 Å². The molecule has 2 aliphatic rings. The Kier molecular flexibility index (Phi) is 3.78. The third-order valence-electron chi connectivity index (χ3n) is 5.60. The van der Waals surface area contributed by atoms with E-state index < -0.39 is 0 Å². The molecule has 0 saturated heterocycles. The largest absolute Gasteiger partial charge is 0.376 e. The van der Waals surface area contributed by atoms with Gasteiger partial charge in [0, 0.05) is 10.7 Å². The van der Waals surface area contributed by atoms with Crippen LogP contribution >= 0.6 is 11.8 Å². The number of hydrogen-bond acceptors (Lipinski definition) is 2. The van der Waals surface area contributed by atoms with E-state index in [1.54, 1.807) is 11.8 Å². The fourth-order valence-corrected chi connectivity index (χ4v) is 5.36. The Morgan fingerprint density at radius 1 is 1.32 bits per heavy atom. The van der Waals surface area contributed by atoms with E-state index in [4.69, 9.17) is 11.2 Å². The Labute approximate surface area is 123 Å². The average Bonchev–Trinajstić information content (AvgIpc) is 2.56. The van der Waals surface area contributed by atoms with E-state index >= 15 is 0 Å². The zero-order valence-corrected chi connectivity index (χ0v) is 14.1. The summed E-state index contributed by atoms with van der Waals surface area (Å²) in [4.78, 5) is 0. The molecule has 2 aliphatic carbocycles. The summed E-state index contributed by atoms with van der Waals surface area (Å²) in [5.74, 6) is 0.698. The molecule has 0 heterocycles. The summed E-state index contributed by atoms with van der Waals surface area (Å²) in [6.45, 7) is 14.8. The summed E-state index contributed by atoms with van der Waals surface area (Å²) in [7, 11) is 0. The van der Waals surface area contributed by atoms with Crippen molar-refractivity contribution < 1.29 is 4.74 Å². The van der Waals surface area contributed by atoms with Gasteiger partial charge in [-0.1, -0.05) is 53.3 Å². The summed E-state index contributed by atoms with van der Waals surface area (Å²) in [6, 6.07) is 0. The fraction of sp³-hybridized carbons (Fsp3) is 0.882. The lowest BCUT2D eigenvalue weighted by Gasteiger charge is -2.40. The van der Waals surface area contributed by atoms with E-state index in [0.717, 1.165) is 6.61 Å². The first kappa shape index (κ1) is 15.3. The highest BCUT2D eigenvalue weighted by molar-refractivity contribution is 8.04. The van der Waals surface area contributed by atoms with Gasteiger partial charge in [0.1, 0.15) is 0 Å². The van der Waals surface area contributed by atoms with Crippen LogP contribution in [0.5, 0.6) is 0 Å². The Morgan fingerprint density at radius 2 is 1.95 bits per heavy atom. The molecule has 4 atom stereocenters. The molecule has 108 valence electrons. The highest BCUT2D eigenvalue weighted by atomic mass is 32.2. The maximum atomic E-state index is 6.39. The lowest BCUT2D eigenvalue weighted by molar-refractivity contribution is -0.0669. The van der Waals surface area contributed by atoms with Gasteiger partial charge in [0.2, 0.25) is 0 Å². The number of thioether (sulfide) groups is 1. The van der Waals surface area contributed by atoms with Crippen LogP contribution in [-0.2, 0) is 4.74 Å². The molecule has 0 aromatic rings. The van der Waals surface area contributed by atoms with Crippen molar-refractivity contribution in [3.8, 4) is 11.7 Å². The highest BCUT2D eigenvalue weighted by Gasteiger charge is 2.66. The summed E-state index contributed by atoms with van der Waals surface area (Å²) in [5, 5.41) is 3.29. The minimum absolute atomic E-state index is 0.216. The van der Waals surface area contributed by atoms with Gasteiger partial charge in [-0.3, -0.25) is 0 Å². The van der Waals surface area contributed by atoms with E-state index in [-0.39, 0.29) is 10.8 Å². The standard InChI is InChI=1S/C17H28OS/c1-8-19-13-12-9-10-17(7,16(12,5)6)14(13)18-11-15(2,3)4/h1,12-14H,9-11H2,2-7H3/t12-,13-,14-,17+/m0/s1. The van der Waals surface area contributed by atoms with Gasteiger partial charge in [0.25, 0.3) is 0 Å². The van der Waals surface area contributed by atoms with E-state index in [1.165, 1.54) is 12.8 Å². The maximum absolute atomic E-state index is 6.39. The third kappa shape index (κ3) is 2.34. The molecule has 0 N–H and O–H groups in total. The molecular weight excluding hydrogens is 252 g/mol. The maximum Gasteiger partial charge on any atom is 0.0765 e. The molecular formula is C17H28OS. The summed E-state index contributed by atoms with van der Waals surface area (Å²) in [5.41, 5.74) is 0.829. The van der Waals surface area contributed by atoms with Crippen molar-refractivity contribution in [2.75, 3.05) is 6.61 Å². The number of fused-ring (bicyclic) bond motifs is 2. The van der Waals surface area contributed by atoms with Crippen LogP contribution < -0.4 is 0 Å². The molecule has 2 saturated carbocycles. The molecule has 19 heavy (non-hydrogen) atoms. The Hall–Kier alpha value is -0.130. The number of hydrogen-bond donors (Lipinski definition) is 0. The predicted octanol–water partition coefficient (Wildman–Crippen LogP) is 4.57. The van der Waals surface area contributed by atoms with Crippen LogP contribution in [0, 0.1) is 33.8 Å². The van der Waals surface area contributed by atoms with Gasteiger partial charge >= 0.3 is 0 Å². The monoisotopic (exact) mass is 280 g/mol. The minimum atomic E-state index is 0.216. The van der Waals surface area contributed by atoms with Crippen LogP contribution in [0.25, 0.3) is 0 Å². The zero-order chi connectivity index (χ0) is 14.5. The Bertz CT molecular complexity index is 387. The number of rotatable bonds is 3. The molecule has 1 nitrogen and oxygen atoms in total. The van der Waals surface area contributed by atoms with E-state index in [2.05, 4.69) is 46.8 Å². The van der Waals surface area contributed by atoms with Crippen molar-refractivity contribution in [1.29, 1.82) is 0 Å². The van der Waals surface area contributed by atoms with Gasteiger partial charge in [-0.25, -0.2) is 0 Å². The second-order valence-corrected chi connectivity index (χ2v) is 9.29. The Morgan fingerprint density at radius 3 is 2.47 bits per heavy atom. The van der Waals surface area contributed by atoms with E-state index in [0.29, 0.717) is 22.7 Å². The lowest BCUT2D eigenvalue weighted by atomic mass is 9.70. The topological polar surface area (TPSA) is 9.23 Å². The first-order valence-corrected chi connectivity index (χ1v) is 8.24. The minimum Gasteiger partial charge on any atom is -0.376 e. The summed E-state index contributed by atoms with van der Waals surface area (Å²) in [6.07, 6.45) is 8.46. The van der Waals surface area contributed by atoms with Gasteiger partial charge in [0.15, 0.2) is 0 Å². The number of ether oxygens (including phenoxy) is 1.